The first-order chi connectivity index (χ1) is 13.8. The minimum atomic E-state index is -3.99. The zero-order valence-electron chi connectivity index (χ0n) is 16.1. The van der Waals surface area contributed by atoms with Crippen molar-refractivity contribution in [1.29, 1.82) is 0 Å². The highest BCUT2D eigenvalue weighted by atomic mass is 32.2. The number of piperidine rings is 1. The summed E-state index contributed by atoms with van der Waals surface area (Å²) in [6.07, 6.45) is 0.747. The molecule has 2 atom stereocenters. The van der Waals surface area contributed by atoms with Gasteiger partial charge in [0.25, 0.3) is 5.91 Å². The Kier molecular flexibility index (Phi) is 6.64. The van der Waals surface area contributed by atoms with E-state index in [0.29, 0.717) is 24.3 Å². The number of benzene rings is 1. The smallest absolute Gasteiger partial charge is 0.279 e. The number of rotatable bonds is 6. The molecule has 0 aliphatic carbocycles. The first-order valence-corrected chi connectivity index (χ1v) is 10.9. The molecule has 1 aromatic rings. The van der Waals surface area contributed by atoms with Crippen molar-refractivity contribution in [2.75, 3.05) is 33.4 Å². The van der Waals surface area contributed by atoms with Crippen LogP contribution < -0.4 is 15.0 Å². The Morgan fingerprint density at radius 3 is 2.41 bits per heavy atom. The molecule has 2 unspecified atom stereocenters. The number of hydrogen-bond acceptors (Lipinski definition) is 8. The van der Waals surface area contributed by atoms with E-state index in [1.165, 1.54) is 9.79 Å². The van der Waals surface area contributed by atoms with Gasteiger partial charge in [0.2, 0.25) is 10.0 Å². The molecule has 0 aromatic heterocycles. The van der Waals surface area contributed by atoms with E-state index in [1.807, 2.05) is 0 Å². The minimum Gasteiger partial charge on any atom is -0.497 e. The van der Waals surface area contributed by atoms with Crippen LogP contribution in [-0.4, -0.2) is 79.3 Å². The van der Waals surface area contributed by atoms with Gasteiger partial charge in [-0.15, -0.1) is 0 Å². The van der Waals surface area contributed by atoms with Gasteiger partial charge >= 0.3 is 0 Å². The van der Waals surface area contributed by atoms with Gasteiger partial charge in [0.15, 0.2) is 5.60 Å². The van der Waals surface area contributed by atoms with Gasteiger partial charge in [0, 0.05) is 19.7 Å². The minimum absolute atomic E-state index is 0.0471. The summed E-state index contributed by atoms with van der Waals surface area (Å²) in [5.41, 5.74) is -1.00. The SMILES string of the molecule is COc1ccc(OC2CCN(S(=O)(=O)C3CCOCC3(O)C(=O)NO)CC2)cc1. The highest BCUT2D eigenvalue weighted by molar-refractivity contribution is 7.89. The first-order valence-electron chi connectivity index (χ1n) is 9.35. The lowest BCUT2D eigenvalue weighted by Crippen LogP contribution is -2.64. The van der Waals surface area contributed by atoms with Gasteiger partial charge in [-0.05, 0) is 43.5 Å². The average molecular weight is 430 g/mol. The third-order valence-corrected chi connectivity index (χ3v) is 7.79. The molecular weight excluding hydrogens is 404 g/mol. The third kappa shape index (κ3) is 4.48. The topological polar surface area (TPSA) is 135 Å². The van der Waals surface area contributed by atoms with Crippen molar-refractivity contribution >= 4 is 15.9 Å². The van der Waals surface area contributed by atoms with Gasteiger partial charge < -0.3 is 19.3 Å². The van der Waals surface area contributed by atoms with E-state index in [0.717, 1.165) is 0 Å². The van der Waals surface area contributed by atoms with Crippen LogP contribution in [0.1, 0.15) is 19.3 Å². The molecule has 2 aliphatic rings. The zero-order chi connectivity index (χ0) is 21.1. The lowest BCUT2D eigenvalue weighted by atomic mass is 9.95. The van der Waals surface area contributed by atoms with Crippen molar-refractivity contribution in [3.63, 3.8) is 0 Å². The monoisotopic (exact) mass is 430 g/mol. The van der Waals surface area contributed by atoms with Crippen LogP contribution in [0.25, 0.3) is 0 Å². The predicted octanol–water partition coefficient (Wildman–Crippen LogP) is -0.106. The molecule has 29 heavy (non-hydrogen) atoms. The summed E-state index contributed by atoms with van der Waals surface area (Å²) in [7, 11) is -2.41. The van der Waals surface area contributed by atoms with Crippen molar-refractivity contribution in [2.45, 2.75) is 36.2 Å². The molecule has 0 saturated carbocycles. The second kappa shape index (κ2) is 8.84. The average Bonchev–Trinajstić information content (AvgIpc) is 2.74. The summed E-state index contributed by atoms with van der Waals surface area (Å²) in [5, 5.41) is 18.1. The van der Waals surface area contributed by atoms with E-state index in [1.54, 1.807) is 31.4 Å². The van der Waals surface area contributed by atoms with E-state index in [2.05, 4.69) is 0 Å². The number of hydroxylamine groups is 1. The van der Waals surface area contributed by atoms with Crippen LogP contribution in [-0.2, 0) is 19.6 Å². The third-order valence-electron chi connectivity index (χ3n) is 5.36. The van der Waals surface area contributed by atoms with Crippen LogP contribution >= 0.6 is 0 Å². The fourth-order valence-corrected chi connectivity index (χ4v) is 5.83. The van der Waals surface area contributed by atoms with Crippen molar-refractivity contribution in [3.8, 4) is 11.5 Å². The number of nitrogens with one attached hydrogen (secondary N) is 1. The van der Waals surface area contributed by atoms with Crippen LogP contribution in [0.4, 0.5) is 0 Å². The van der Waals surface area contributed by atoms with Gasteiger partial charge in [0.05, 0.1) is 13.7 Å². The van der Waals surface area contributed by atoms with Gasteiger partial charge in [-0.1, -0.05) is 0 Å². The zero-order valence-corrected chi connectivity index (χ0v) is 16.9. The Labute approximate surface area is 169 Å². The molecule has 2 fully saturated rings. The normalized spacial score (nSPS) is 26.7. The van der Waals surface area contributed by atoms with Crippen LogP contribution in [0.5, 0.6) is 11.5 Å². The molecule has 0 bridgehead atoms. The second-order valence-electron chi connectivity index (χ2n) is 7.13. The number of sulfonamides is 1. The van der Waals surface area contributed by atoms with E-state index in [-0.39, 0.29) is 32.2 Å². The number of carbonyl (C=O) groups is 1. The molecule has 2 saturated heterocycles. The van der Waals surface area contributed by atoms with Crippen LogP contribution in [0.15, 0.2) is 24.3 Å². The van der Waals surface area contributed by atoms with Crippen LogP contribution in [0.2, 0.25) is 0 Å². The predicted molar refractivity (Wildman–Crippen MR) is 101 cm³/mol. The summed E-state index contributed by atoms with van der Waals surface area (Å²) in [6.45, 7) is 0.0109. The maximum absolute atomic E-state index is 13.1. The number of ether oxygens (including phenoxy) is 3. The molecule has 162 valence electrons. The molecule has 2 heterocycles. The number of methoxy groups -OCH3 is 1. The Hall–Kier alpha value is -1.92. The summed E-state index contributed by atoms with van der Waals surface area (Å²) < 4.78 is 43.6. The van der Waals surface area contributed by atoms with Crippen LogP contribution in [0.3, 0.4) is 0 Å². The number of nitrogens with zero attached hydrogens (tertiary/aromatic N) is 1. The fourth-order valence-electron chi connectivity index (χ4n) is 3.68. The standard InChI is InChI=1S/C18H26N2O8S/c1-26-13-2-4-14(5-3-13)28-15-6-9-20(10-7-15)29(24,25)16-8-11-27-12-18(16,22)17(21)19-23/h2-5,15-16,22-23H,6-12H2,1H3,(H,19,21). The Morgan fingerprint density at radius 2 is 1.83 bits per heavy atom. The maximum Gasteiger partial charge on any atom is 0.279 e. The van der Waals surface area contributed by atoms with Crippen molar-refractivity contribution in [1.82, 2.24) is 9.79 Å². The lowest BCUT2D eigenvalue weighted by Gasteiger charge is -2.41. The van der Waals surface area contributed by atoms with Crippen molar-refractivity contribution in [3.05, 3.63) is 24.3 Å². The van der Waals surface area contributed by atoms with E-state index in [9.17, 15) is 18.3 Å². The van der Waals surface area contributed by atoms with E-state index < -0.39 is 33.4 Å². The molecule has 0 spiro atoms. The molecule has 1 aromatic carbocycles. The molecule has 11 heteroatoms. The van der Waals surface area contributed by atoms with Crippen molar-refractivity contribution in [2.24, 2.45) is 0 Å². The molecular formula is C18H26N2O8S. The summed E-state index contributed by atoms with van der Waals surface area (Å²) in [4.78, 5) is 11.9. The molecule has 3 N–H and O–H groups in total. The van der Waals surface area contributed by atoms with Crippen molar-refractivity contribution < 1.29 is 37.7 Å². The molecule has 0 radical (unpaired) electrons. The highest BCUT2D eigenvalue weighted by Crippen LogP contribution is 2.31. The van der Waals surface area contributed by atoms with Crippen LogP contribution in [0, 0.1) is 0 Å². The molecule has 1 amide bonds. The lowest BCUT2D eigenvalue weighted by molar-refractivity contribution is -0.161. The Bertz CT molecular complexity index is 808. The number of amides is 1. The quantitative estimate of drug-likeness (QED) is 0.420. The number of aliphatic hydroxyl groups is 1. The molecule has 3 rings (SSSR count). The first kappa shape index (κ1) is 21.8. The fraction of sp³-hybridized carbons (Fsp3) is 0.611. The van der Waals surface area contributed by atoms with E-state index >= 15 is 0 Å². The largest absolute Gasteiger partial charge is 0.497 e. The molecule has 10 nitrogen and oxygen atoms in total. The highest BCUT2D eigenvalue weighted by Gasteiger charge is 2.54. The molecule has 2 aliphatic heterocycles. The maximum atomic E-state index is 13.1. The van der Waals surface area contributed by atoms with Gasteiger partial charge in [-0.3, -0.25) is 10.0 Å². The summed E-state index contributed by atoms with van der Waals surface area (Å²) >= 11 is 0. The Balaban J connectivity index is 1.64. The van der Waals surface area contributed by atoms with Gasteiger partial charge in [-0.2, -0.15) is 0 Å². The van der Waals surface area contributed by atoms with Gasteiger partial charge in [-0.25, -0.2) is 18.2 Å². The number of carbonyl (C=O) groups excluding carboxylic acids is 1. The van der Waals surface area contributed by atoms with E-state index in [4.69, 9.17) is 19.4 Å². The van der Waals surface area contributed by atoms with Gasteiger partial charge in [0.1, 0.15) is 22.9 Å². The summed E-state index contributed by atoms with van der Waals surface area (Å²) in [5.74, 6) is 0.197. The summed E-state index contributed by atoms with van der Waals surface area (Å²) in [6, 6.07) is 7.15. The number of hydrogen-bond donors (Lipinski definition) is 3. The second-order valence-corrected chi connectivity index (χ2v) is 9.25. The Morgan fingerprint density at radius 1 is 1.21 bits per heavy atom.